The average molecular weight is 223 g/mol. The van der Waals surface area contributed by atoms with Crippen LogP contribution in [-0.4, -0.2) is 21.9 Å². The summed E-state index contributed by atoms with van der Waals surface area (Å²) in [4.78, 5) is 11.0. The minimum absolute atomic E-state index is 0.188. The Balaban J connectivity index is 2.75. The molecule has 0 saturated carbocycles. The third-order valence-corrected chi connectivity index (χ3v) is 2.37. The highest BCUT2D eigenvalue weighted by Gasteiger charge is 2.34. The Hall–Kier alpha value is -1.55. The Morgan fingerprint density at radius 1 is 1.38 bits per heavy atom. The van der Waals surface area contributed by atoms with Gasteiger partial charge in [-0.15, -0.1) is 0 Å². The second kappa shape index (κ2) is 5.51. The molecule has 1 unspecified atom stereocenters. The van der Waals surface area contributed by atoms with Gasteiger partial charge in [0.1, 0.15) is 0 Å². The Labute approximate surface area is 94.9 Å². The fourth-order valence-corrected chi connectivity index (χ4v) is 1.42. The van der Waals surface area contributed by atoms with Gasteiger partial charge in [0.25, 0.3) is 0 Å². The summed E-state index contributed by atoms with van der Waals surface area (Å²) in [6.07, 6.45) is 1.68. The minimum Gasteiger partial charge on any atom is -0.478 e. The fourth-order valence-electron chi connectivity index (χ4n) is 1.42. The van der Waals surface area contributed by atoms with Crippen LogP contribution in [0.5, 0.6) is 0 Å². The van der Waals surface area contributed by atoms with Crippen molar-refractivity contribution in [3.05, 3.63) is 30.3 Å². The number of carboxylic acids is 1. The molecular weight excluding hydrogens is 206 g/mol. The van der Waals surface area contributed by atoms with Crippen LogP contribution in [0.25, 0.3) is 0 Å². The van der Waals surface area contributed by atoms with Gasteiger partial charge in [0, 0.05) is 12.1 Å². The molecule has 0 amide bonds. The first-order chi connectivity index (χ1) is 7.58. The highest BCUT2D eigenvalue weighted by atomic mass is 16.4. The lowest BCUT2D eigenvalue weighted by Crippen LogP contribution is -2.46. The Morgan fingerprint density at radius 2 is 2.00 bits per heavy atom. The van der Waals surface area contributed by atoms with Crippen LogP contribution in [0.4, 0.5) is 5.69 Å². The van der Waals surface area contributed by atoms with E-state index in [0.29, 0.717) is 12.1 Å². The van der Waals surface area contributed by atoms with Crippen LogP contribution < -0.4 is 5.32 Å². The molecule has 0 heterocycles. The van der Waals surface area contributed by atoms with E-state index in [1.807, 2.05) is 13.0 Å². The van der Waals surface area contributed by atoms with Crippen molar-refractivity contribution in [2.24, 2.45) is 0 Å². The third-order valence-electron chi connectivity index (χ3n) is 2.37. The zero-order valence-corrected chi connectivity index (χ0v) is 9.31. The van der Waals surface area contributed by atoms with Crippen LogP contribution in [0, 0.1) is 0 Å². The van der Waals surface area contributed by atoms with Crippen molar-refractivity contribution in [2.75, 3.05) is 5.32 Å². The van der Waals surface area contributed by atoms with Crippen molar-refractivity contribution < 1.29 is 15.0 Å². The first kappa shape index (κ1) is 12.5. The number of benzene rings is 1. The molecule has 0 aliphatic rings. The lowest BCUT2D eigenvalue weighted by molar-refractivity contribution is -0.156. The highest BCUT2D eigenvalue weighted by Crippen LogP contribution is 2.18. The van der Waals surface area contributed by atoms with E-state index in [9.17, 15) is 9.90 Å². The molecule has 0 aliphatic heterocycles. The predicted molar refractivity (Wildman–Crippen MR) is 62.2 cm³/mol. The van der Waals surface area contributed by atoms with E-state index < -0.39 is 11.7 Å². The number of carbonyl (C=O) groups is 1. The lowest BCUT2D eigenvalue weighted by Gasteiger charge is -2.25. The monoisotopic (exact) mass is 223 g/mol. The number of anilines is 1. The maximum absolute atomic E-state index is 11.0. The van der Waals surface area contributed by atoms with Gasteiger partial charge in [-0.3, -0.25) is 0 Å². The molecule has 0 aliphatic carbocycles. The number of unbranched alkanes of at least 4 members (excludes halogenated alkanes) is 1. The average Bonchev–Trinajstić information content (AvgIpc) is 2.27. The second-order valence-electron chi connectivity index (χ2n) is 3.76. The van der Waals surface area contributed by atoms with Crippen molar-refractivity contribution >= 4 is 11.7 Å². The van der Waals surface area contributed by atoms with Crippen LogP contribution in [0.15, 0.2) is 30.3 Å². The van der Waals surface area contributed by atoms with Gasteiger partial charge in [0.05, 0.1) is 0 Å². The molecule has 3 N–H and O–H groups in total. The maximum atomic E-state index is 11.0. The number of nitrogens with one attached hydrogen (secondary N) is 1. The zero-order valence-electron chi connectivity index (χ0n) is 9.31. The molecule has 16 heavy (non-hydrogen) atoms. The lowest BCUT2D eigenvalue weighted by atomic mass is 10.1. The van der Waals surface area contributed by atoms with Gasteiger partial charge < -0.3 is 15.5 Å². The van der Waals surface area contributed by atoms with Gasteiger partial charge in [0.15, 0.2) is 0 Å². The first-order valence-corrected chi connectivity index (χ1v) is 5.37. The molecule has 0 aromatic heterocycles. The van der Waals surface area contributed by atoms with Crippen LogP contribution in [-0.2, 0) is 4.79 Å². The molecule has 88 valence electrons. The SMILES string of the molecule is CCCCC(O)(Nc1ccccc1)C(=O)O. The molecule has 1 rings (SSSR count). The number of para-hydroxylation sites is 1. The Morgan fingerprint density at radius 3 is 2.50 bits per heavy atom. The van der Waals surface area contributed by atoms with E-state index >= 15 is 0 Å². The van der Waals surface area contributed by atoms with Gasteiger partial charge in [-0.25, -0.2) is 4.79 Å². The summed E-state index contributed by atoms with van der Waals surface area (Å²) >= 11 is 0. The standard InChI is InChI=1S/C12H17NO3/c1-2-3-9-12(16,11(14)15)13-10-7-5-4-6-8-10/h4-8,13,16H,2-3,9H2,1H3,(H,14,15). The van der Waals surface area contributed by atoms with Crippen LogP contribution >= 0.6 is 0 Å². The number of carboxylic acid groups (broad SMARTS) is 1. The van der Waals surface area contributed by atoms with Crippen LogP contribution in [0.1, 0.15) is 26.2 Å². The Kier molecular flexibility index (Phi) is 4.31. The van der Waals surface area contributed by atoms with Crippen molar-refractivity contribution in [1.29, 1.82) is 0 Å². The van der Waals surface area contributed by atoms with Gasteiger partial charge in [-0.2, -0.15) is 0 Å². The van der Waals surface area contributed by atoms with E-state index in [2.05, 4.69) is 5.32 Å². The normalized spacial score (nSPS) is 14.1. The second-order valence-corrected chi connectivity index (χ2v) is 3.76. The van der Waals surface area contributed by atoms with Crippen molar-refractivity contribution in [2.45, 2.75) is 31.9 Å². The summed E-state index contributed by atoms with van der Waals surface area (Å²) < 4.78 is 0. The van der Waals surface area contributed by atoms with Gasteiger partial charge in [0.2, 0.25) is 5.72 Å². The summed E-state index contributed by atoms with van der Waals surface area (Å²) in [6.45, 7) is 1.95. The van der Waals surface area contributed by atoms with Gasteiger partial charge in [-0.05, 0) is 18.6 Å². The smallest absolute Gasteiger partial charge is 0.357 e. The van der Waals surface area contributed by atoms with Crippen molar-refractivity contribution in [3.63, 3.8) is 0 Å². The molecule has 0 bridgehead atoms. The largest absolute Gasteiger partial charge is 0.478 e. The van der Waals surface area contributed by atoms with E-state index in [1.54, 1.807) is 24.3 Å². The van der Waals surface area contributed by atoms with E-state index in [1.165, 1.54) is 0 Å². The zero-order chi connectivity index (χ0) is 12.0. The summed E-state index contributed by atoms with van der Waals surface area (Å²) in [5, 5.41) is 21.6. The number of aliphatic hydroxyl groups is 1. The summed E-state index contributed by atoms with van der Waals surface area (Å²) in [7, 11) is 0. The number of rotatable bonds is 6. The summed E-state index contributed by atoms with van der Waals surface area (Å²) in [6, 6.07) is 8.84. The molecule has 1 aromatic rings. The molecule has 4 nitrogen and oxygen atoms in total. The first-order valence-electron chi connectivity index (χ1n) is 5.37. The summed E-state index contributed by atoms with van der Waals surface area (Å²) in [5.41, 5.74) is -1.28. The molecule has 0 spiro atoms. The molecule has 4 heteroatoms. The third kappa shape index (κ3) is 3.24. The van der Waals surface area contributed by atoms with E-state index in [-0.39, 0.29) is 6.42 Å². The van der Waals surface area contributed by atoms with E-state index in [4.69, 9.17) is 5.11 Å². The molecule has 1 atom stereocenters. The molecule has 0 saturated heterocycles. The predicted octanol–water partition coefficient (Wildman–Crippen LogP) is 2.06. The van der Waals surface area contributed by atoms with E-state index in [0.717, 1.165) is 6.42 Å². The quantitative estimate of drug-likeness (QED) is 0.646. The van der Waals surface area contributed by atoms with Crippen molar-refractivity contribution in [1.82, 2.24) is 0 Å². The number of hydrogen-bond donors (Lipinski definition) is 3. The van der Waals surface area contributed by atoms with Gasteiger partial charge >= 0.3 is 5.97 Å². The van der Waals surface area contributed by atoms with Crippen LogP contribution in [0.3, 0.4) is 0 Å². The molecule has 0 fully saturated rings. The molecular formula is C12H17NO3. The van der Waals surface area contributed by atoms with Crippen molar-refractivity contribution in [3.8, 4) is 0 Å². The van der Waals surface area contributed by atoms with Gasteiger partial charge in [-0.1, -0.05) is 31.5 Å². The number of aliphatic carboxylic acids is 1. The molecule has 1 aromatic carbocycles. The summed E-state index contributed by atoms with van der Waals surface area (Å²) in [5.74, 6) is -1.25. The number of hydrogen-bond acceptors (Lipinski definition) is 3. The molecule has 0 radical (unpaired) electrons. The Bertz CT molecular complexity index is 339. The maximum Gasteiger partial charge on any atom is 0.357 e. The highest BCUT2D eigenvalue weighted by molar-refractivity contribution is 5.80. The van der Waals surface area contributed by atoms with Crippen LogP contribution in [0.2, 0.25) is 0 Å². The minimum atomic E-state index is -1.88. The fraction of sp³-hybridized carbons (Fsp3) is 0.417. The topological polar surface area (TPSA) is 69.6 Å².